The Morgan fingerprint density at radius 1 is 1.24 bits per heavy atom. The summed E-state index contributed by atoms with van der Waals surface area (Å²) in [5.41, 5.74) is 0.647. The van der Waals surface area contributed by atoms with Gasteiger partial charge in [0.05, 0.1) is 13.2 Å². The third kappa shape index (κ3) is 4.88. The Balaban J connectivity index is 1.89. The molecule has 9 heteroatoms. The first kappa shape index (κ1) is 16.1. The van der Waals surface area contributed by atoms with Gasteiger partial charge < -0.3 is 9.47 Å². The van der Waals surface area contributed by atoms with E-state index in [4.69, 9.17) is 4.74 Å². The summed E-state index contributed by atoms with van der Waals surface area (Å²) in [4.78, 5) is 0. The molecule has 0 saturated carbocycles. The highest BCUT2D eigenvalue weighted by molar-refractivity contribution is 7.87. The molecule has 1 aliphatic heterocycles. The molecule has 1 fully saturated rings. The van der Waals surface area contributed by atoms with E-state index in [0.29, 0.717) is 31.9 Å². The van der Waals surface area contributed by atoms with E-state index in [1.54, 1.807) is 0 Å². The zero-order valence-electron chi connectivity index (χ0n) is 11.2. The Bertz CT molecular complexity index is 545. The molecule has 0 aliphatic carbocycles. The number of ether oxygens (including phenoxy) is 2. The lowest BCUT2D eigenvalue weighted by molar-refractivity contribution is -0.0498. The number of benzene rings is 1. The van der Waals surface area contributed by atoms with Gasteiger partial charge in [-0.3, -0.25) is 0 Å². The molecule has 2 rings (SSSR count). The Hall–Kier alpha value is -1.29. The number of hydrogen-bond donors (Lipinski definition) is 1. The number of rotatable bonds is 6. The molecule has 21 heavy (non-hydrogen) atoms. The Morgan fingerprint density at radius 3 is 2.43 bits per heavy atom. The van der Waals surface area contributed by atoms with Crippen LogP contribution in [-0.4, -0.2) is 45.6 Å². The molecule has 0 unspecified atom stereocenters. The molecular weight excluding hydrogens is 306 g/mol. The van der Waals surface area contributed by atoms with Gasteiger partial charge in [-0.05, 0) is 17.7 Å². The minimum Gasteiger partial charge on any atom is -0.435 e. The maximum Gasteiger partial charge on any atom is 0.387 e. The average molecular weight is 322 g/mol. The molecular formula is C12H16F2N2O4S. The van der Waals surface area contributed by atoms with Gasteiger partial charge in [0, 0.05) is 19.6 Å². The highest BCUT2D eigenvalue weighted by Gasteiger charge is 2.23. The first-order valence-electron chi connectivity index (χ1n) is 6.33. The number of alkyl halides is 2. The highest BCUT2D eigenvalue weighted by atomic mass is 32.2. The van der Waals surface area contributed by atoms with E-state index < -0.39 is 16.8 Å². The van der Waals surface area contributed by atoms with Crippen molar-refractivity contribution in [3.8, 4) is 5.75 Å². The lowest BCUT2D eigenvalue weighted by Crippen LogP contribution is -2.46. The molecule has 1 heterocycles. The van der Waals surface area contributed by atoms with Crippen molar-refractivity contribution in [2.75, 3.05) is 26.3 Å². The SMILES string of the molecule is O=S(=O)(NCc1ccc(OC(F)F)cc1)N1CCOCC1. The Morgan fingerprint density at radius 2 is 1.86 bits per heavy atom. The summed E-state index contributed by atoms with van der Waals surface area (Å²) in [5.74, 6) is 0.0322. The summed E-state index contributed by atoms with van der Waals surface area (Å²) in [6.07, 6.45) is 0. The predicted molar refractivity (Wildman–Crippen MR) is 71.2 cm³/mol. The van der Waals surface area contributed by atoms with Crippen molar-refractivity contribution in [3.63, 3.8) is 0 Å². The summed E-state index contributed by atoms with van der Waals surface area (Å²) in [6, 6.07) is 5.79. The zero-order valence-corrected chi connectivity index (χ0v) is 12.0. The minimum absolute atomic E-state index is 0.0322. The van der Waals surface area contributed by atoms with Crippen molar-refractivity contribution in [2.45, 2.75) is 13.2 Å². The fourth-order valence-corrected chi connectivity index (χ4v) is 3.00. The van der Waals surface area contributed by atoms with Crippen LogP contribution in [0.15, 0.2) is 24.3 Å². The lowest BCUT2D eigenvalue weighted by atomic mass is 10.2. The number of halogens is 2. The first-order chi connectivity index (χ1) is 9.97. The fourth-order valence-electron chi connectivity index (χ4n) is 1.84. The van der Waals surface area contributed by atoms with E-state index in [-0.39, 0.29) is 12.3 Å². The van der Waals surface area contributed by atoms with Crippen LogP contribution >= 0.6 is 0 Å². The van der Waals surface area contributed by atoms with Gasteiger partial charge in [0.15, 0.2) is 0 Å². The van der Waals surface area contributed by atoms with Crippen molar-refractivity contribution in [1.82, 2.24) is 9.03 Å². The van der Waals surface area contributed by atoms with Crippen molar-refractivity contribution in [1.29, 1.82) is 0 Å². The number of hydrogen-bond acceptors (Lipinski definition) is 4. The van der Waals surface area contributed by atoms with Crippen LogP contribution in [0.2, 0.25) is 0 Å². The zero-order chi connectivity index (χ0) is 15.3. The monoisotopic (exact) mass is 322 g/mol. The van der Waals surface area contributed by atoms with Crippen LogP contribution < -0.4 is 9.46 Å². The highest BCUT2D eigenvalue weighted by Crippen LogP contribution is 2.15. The smallest absolute Gasteiger partial charge is 0.387 e. The van der Waals surface area contributed by atoms with E-state index in [9.17, 15) is 17.2 Å². The second-order valence-electron chi connectivity index (χ2n) is 4.36. The van der Waals surface area contributed by atoms with Crippen molar-refractivity contribution in [3.05, 3.63) is 29.8 Å². The van der Waals surface area contributed by atoms with E-state index in [1.165, 1.54) is 28.6 Å². The van der Waals surface area contributed by atoms with E-state index in [0.717, 1.165) is 0 Å². The van der Waals surface area contributed by atoms with Crippen LogP contribution in [0.25, 0.3) is 0 Å². The molecule has 0 atom stereocenters. The molecule has 1 aromatic carbocycles. The van der Waals surface area contributed by atoms with Crippen LogP contribution in [0.1, 0.15) is 5.56 Å². The second kappa shape index (κ2) is 7.12. The fraction of sp³-hybridized carbons (Fsp3) is 0.500. The van der Waals surface area contributed by atoms with Crippen LogP contribution in [0.3, 0.4) is 0 Å². The van der Waals surface area contributed by atoms with Crippen LogP contribution in [0, 0.1) is 0 Å². The van der Waals surface area contributed by atoms with E-state index >= 15 is 0 Å². The van der Waals surface area contributed by atoms with E-state index in [1.807, 2.05) is 0 Å². The lowest BCUT2D eigenvalue weighted by Gasteiger charge is -2.26. The van der Waals surface area contributed by atoms with Gasteiger partial charge in [0.2, 0.25) is 0 Å². The molecule has 0 bridgehead atoms. The van der Waals surface area contributed by atoms with Crippen LogP contribution in [-0.2, 0) is 21.5 Å². The summed E-state index contributed by atoms with van der Waals surface area (Å²) in [6.45, 7) is -1.42. The Labute approximate surface area is 121 Å². The Kier molecular flexibility index (Phi) is 5.45. The van der Waals surface area contributed by atoms with Gasteiger partial charge in [-0.1, -0.05) is 12.1 Å². The molecule has 1 aromatic rings. The second-order valence-corrected chi connectivity index (χ2v) is 6.12. The molecule has 1 saturated heterocycles. The topological polar surface area (TPSA) is 67.9 Å². The summed E-state index contributed by atoms with van der Waals surface area (Å²) >= 11 is 0. The van der Waals surface area contributed by atoms with Gasteiger partial charge in [0.1, 0.15) is 5.75 Å². The third-order valence-electron chi connectivity index (χ3n) is 2.92. The van der Waals surface area contributed by atoms with Crippen molar-refractivity contribution >= 4 is 10.2 Å². The largest absolute Gasteiger partial charge is 0.435 e. The molecule has 6 nitrogen and oxygen atoms in total. The van der Waals surface area contributed by atoms with Gasteiger partial charge >= 0.3 is 6.61 Å². The molecule has 1 aliphatic rings. The minimum atomic E-state index is -3.56. The van der Waals surface area contributed by atoms with E-state index in [2.05, 4.69) is 9.46 Å². The van der Waals surface area contributed by atoms with Crippen LogP contribution in [0.4, 0.5) is 8.78 Å². The summed E-state index contributed by atoms with van der Waals surface area (Å²) in [7, 11) is -3.56. The number of nitrogens with zero attached hydrogens (tertiary/aromatic N) is 1. The maximum absolute atomic E-state index is 12.0. The van der Waals surface area contributed by atoms with Gasteiger partial charge in [-0.15, -0.1) is 0 Å². The third-order valence-corrected chi connectivity index (χ3v) is 4.47. The van der Waals surface area contributed by atoms with Gasteiger partial charge in [-0.2, -0.15) is 26.2 Å². The molecule has 0 aromatic heterocycles. The van der Waals surface area contributed by atoms with Gasteiger partial charge in [-0.25, -0.2) is 0 Å². The normalized spacial score (nSPS) is 17.1. The molecule has 1 N–H and O–H groups in total. The molecule has 0 spiro atoms. The molecule has 118 valence electrons. The molecule has 0 amide bonds. The maximum atomic E-state index is 12.0. The van der Waals surface area contributed by atoms with Crippen LogP contribution in [0.5, 0.6) is 5.75 Å². The first-order valence-corrected chi connectivity index (χ1v) is 7.77. The number of morpholine rings is 1. The summed E-state index contributed by atoms with van der Waals surface area (Å²) < 4.78 is 61.1. The standard InChI is InChI=1S/C12H16F2N2O4S/c13-12(14)20-11-3-1-10(2-4-11)9-15-21(17,18)16-5-7-19-8-6-16/h1-4,12,15H,5-9H2. The van der Waals surface area contributed by atoms with Gasteiger partial charge in [0.25, 0.3) is 10.2 Å². The summed E-state index contributed by atoms with van der Waals surface area (Å²) in [5, 5.41) is 0. The van der Waals surface area contributed by atoms with Crippen molar-refractivity contribution in [2.24, 2.45) is 0 Å². The predicted octanol–water partition coefficient (Wildman–Crippen LogP) is 0.955. The average Bonchev–Trinajstić information content (AvgIpc) is 2.47. The molecule has 0 radical (unpaired) electrons. The quantitative estimate of drug-likeness (QED) is 0.847. The number of nitrogens with one attached hydrogen (secondary N) is 1. The van der Waals surface area contributed by atoms with Crippen molar-refractivity contribution < 1.29 is 26.7 Å².